The van der Waals surface area contributed by atoms with Crippen molar-refractivity contribution in [3.05, 3.63) is 63.6 Å². The molecule has 134 valence electrons. The third-order valence-electron chi connectivity index (χ3n) is 3.84. The third kappa shape index (κ3) is 4.41. The molecule has 0 unspecified atom stereocenters. The number of anilines is 1. The number of aromatic nitrogens is 2. The summed E-state index contributed by atoms with van der Waals surface area (Å²) in [7, 11) is 0. The third-order valence-corrected chi connectivity index (χ3v) is 6.26. The van der Waals surface area contributed by atoms with Crippen LogP contribution < -0.4 is 5.32 Å². The first kappa shape index (κ1) is 18.8. The van der Waals surface area contributed by atoms with Crippen LogP contribution in [-0.2, 0) is 4.79 Å². The van der Waals surface area contributed by atoms with Crippen LogP contribution in [0, 0.1) is 17.8 Å². The van der Waals surface area contributed by atoms with E-state index < -0.39 is 0 Å². The van der Waals surface area contributed by atoms with Gasteiger partial charge >= 0.3 is 0 Å². The van der Waals surface area contributed by atoms with Gasteiger partial charge in [-0.05, 0) is 56.8 Å². The summed E-state index contributed by atoms with van der Waals surface area (Å²) in [6.07, 6.45) is 0. The van der Waals surface area contributed by atoms with Crippen LogP contribution in [0.2, 0.25) is 0 Å². The molecule has 0 fully saturated rings. The zero-order valence-corrected chi connectivity index (χ0v) is 17.2. The summed E-state index contributed by atoms with van der Waals surface area (Å²) in [5, 5.41) is 7.26. The van der Waals surface area contributed by atoms with E-state index in [1.807, 2.05) is 69.3 Å². The lowest BCUT2D eigenvalue weighted by Crippen LogP contribution is -2.22. The number of amides is 1. The minimum absolute atomic E-state index is 0.0533. The molecule has 3 aromatic rings. The minimum Gasteiger partial charge on any atom is -0.325 e. The Hall–Kier alpha value is -1.96. The molecule has 7 heteroatoms. The molecule has 0 saturated heterocycles. The predicted octanol–water partition coefficient (Wildman–Crippen LogP) is 5.40. The highest BCUT2D eigenvalue weighted by Crippen LogP contribution is 2.29. The van der Waals surface area contributed by atoms with Crippen LogP contribution in [0.3, 0.4) is 0 Å². The van der Waals surface area contributed by atoms with Gasteiger partial charge in [0.1, 0.15) is 0 Å². The fourth-order valence-electron chi connectivity index (χ4n) is 2.35. The van der Waals surface area contributed by atoms with E-state index in [0.29, 0.717) is 3.95 Å². The van der Waals surface area contributed by atoms with E-state index >= 15 is 0 Å². The number of hydrogen-bond donors (Lipinski definition) is 1. The molecular formula is C19H19N3OS3. The van der Waals surface area contributed by atoms with E-state index in [4.69, 9.17) is 12.2 Å². The number of carbonyl (C=O) groups excluding carboxylic acids is 1. The first-order valence-electron chi connectivity index (χ1n) is 8.14. The molecule has 0 aliphatic heterocycles. The molecule has 1 N–H and O–H groups in total. The smallest absolute Gasteiger partial charge is 0.237 e. The zero-order chi connectivity index (χ0) is 18.7. The van der Waals surface area contributed by atoms with Crippen molar-refractivity contribution in [3.63, 3.8) is 0 Å². The Morgan fingerprint density at radius 3 is 2.58 bits per heavy atom. The zero-order valence-electron chi connectivity index (χ0n) is 14.7. The highest BCUT2D eigenvalue weighted by Gasteiger charge is 2.18. The lowest BCUT2D eigenvalue weighted by molar-refractivity contribution is -0.115. The van der Waals surface area contributed by atoms with Gasteiger partial charge in [0, 0.05) is 5.69 Å². The number of aryl methyl sites for hydroxylation is 2. The van der Waals surface area contributed by atoms with E-state index in [0.717, 1.165) is 26.8 Å². The summed E-state index contributed by atoms with van der Waals surface area (Å²) in [5.41, 5.74) is 4.03. The molecule has 0 spiro atoms. The normalized spacial score (nSPS) is 12.0. The van der Waals surface area contributed by atoms with Crippen LogP contribution >= 0.6 is 35.3 Å². The summed E-state index contributed by atoms with van der Waals surface area (Å²) in [6.45, 7) is 5.92. The quantitative estimate of drug-likeness (QED) is 0.459. The number of nitrogens with zero attached hydrogens (tertiary/aromatic N) is 2. The summed E-state index contributed by atoms with van der Waals surface area (Å²) < 4.78 is 3.22. The Balaban J connectivity index is 1.72. The van der Waals surface area contributed by atoms with Crippen molar-refractivity contribution in [2.75, 3.05) is 5.32 Å². The molecule has 0 aliphatic rings. The second kappa shape index (κ2) is 8.16. The fourth-order valence-corrected chi connectivity index (χ4v) is 4.84. The summed E-state index contributed by atoms with van der Waals surface area (Å²) >= 11 is 8.29. The predicted molar refractivity (Wildman–Crippen MR) is 112 cm³/mol. The van der Waals surface area contributed by atoms with E-state index in [1.54, 1.807) is 4.68 Å². The van der Waals surface area contributed by atoms with Crippen molar-refractivity contribution < 1.29 is 4.79 Å². The highest BCUT2D eigenvalue weighted by atomic mass is 32.2. The number of para-hydroxylation sites is 1. The van der Waals surface area contributed by atoms with Crippen LogP contribution in [0.4, 0.5) is 5.69 Å². The fraction of sp³-hybridized carbons (Fsp3) is 0.211. The van der Waals surface area contributed by atoms with Crippen LogP contribution in [0.1, 0.15) is 18.1 Å². The second-order valence-corrected chi connectivity index (χ2v) is 9.16. The van der Waals surface area contributed by atoms with Gasteiger partial charge in [-0.15, -0.1) is 5.10 Å². The van der Waals surface area contributed by atoms with Gasteiger partial charge < -0.3 is 5.32 Å². The van der Waals surface area contributed by atoms with Crippen molar-refractivity contribution >= 4 is 46.9 Å². The average molecular weight is 402 g/mol. The SMILES string of the molecule is Cc1ccc(NC(=O)[C@H](C)Sc2nn(-c3ccccc3C)c(=S)s2)cc1. The summed E-state index contributed by atoms with van der Waals surface area (Å²) in [5.74, 6) is -0.0533. The van der Waals surface area contributed by atoms with Gasteiger partial charge in [0.15, 0.2) is 8.29 Å². The van der Waals surface area contributed by atoms with Crippen LogP contribution in [0.25, 0.3) is 5.69 Å². The molecule has 1 amide bonds. The molecule has 0 radical (unpaired) electrons. The first-order chi connectivity index (χ1) is 12.4. The summed E-state index contributed by atoms with van der Waals surface area (Å²) in [4.78, 5) is 12.4. The maximum Gasteiger partial charge on any atom is 0.237 e. The van der Waals surface area contributed by atoms with Crippen molar-refractivity contribution in [2.45, 2.75) is 30.4 Å². The van der Waals surface area contributed by atoms with Crippen LogP contribution in [0.5, 0.6) is 0 Å². The van der Waals surface area contributed by atoms with Gasteiger partial charge in [-0.3, -0.25) is 4.79 Å². The molecule has 0 bridgehead atoms. The van der Waals surface area contributed by atoms with E-state index in [2.05, 4.69) is 10.4 Å². The van der Waals surface area contributed by atoms with Crippen molar-refractivity contribution in [2.24, 2.45) is 0 Å². The standard InChI is InChI=1S/C19H19N3OS3/c1-12-8-10-15(11-9-12)20-17(23)14(3)25-18-21-22(19(24)26-18)16-7-5-4-6-13(16)2/h4-11,14H,1-3H3,(H,20,23)/t14-/m0/s1. The number of benzene rings is 2. The lowest BCUT2D eigenvalue weighted by Gasteiger charge is -2.10. The highest BCUT2D eigenvalue weighted by molar-refractivity contribution is 8.02. The van der Waals surface area contributed by atoms with Gasteiger partial charge in [0.05, 0.1) is 10.9 Å². The molecule has 1 heterocycles. The van der Waals surface area contributed by atoms with Gasteiger partial charge in [-0.25, -0.2) is 4.68 Å². The molecule has 3 rings (SSSR count). The number of thioether (sulfide) groups is 1. The Labute approximate surface area is 166 Å². The van der Waals surface area contributed by atoms with Crippen molar-refractivity contribution in [3.8, 4) is 5.69 Å². The topological polar surface area (TPSA) is 46.9 Å². The lowest BCUT2D eigenvalue weighted by atomic mass is 10.2. The van der Waals surface area contributed by atoms with Gasteiger partial charge in [0.25, 0.3) is 0 Å². The molecule has 4 nitrogen and oxygen atoms in total. The average Bonchev–Trinajstić information content (AvgIpc) is 2.97. The van der Waals surface area contributed by atoms with Crippen LogP contribution in [0.15, 0.2) is 52.9 Å². The Morgan fingerprint density at radius 2 is 1.88 bits per heavy atom. The molecule has 0 saturated carbocycles. The van der Waals surface area contributed by atoms with Crippen molar-refractivity contribution in [1.29, 1.82) is 0 Å². The maximum absolute atomic E-state index is 12.4. The van der Waals surface area contributed by atoms with E-state index in [9.17, 15) is 4.79 Å². The molecule has 26 heavy (non-hydrogen) atoms. The summed E-state index contributed by atoms with van der Waals surface area (Å²) in [6, 6.07) is 15.7. The molecular weight excluding hydrogens is 382 g/mol. The molecule has 1 aromatic heterocycles. The second-order valence-electron chi connectivity index (χ2n) is 5.95. The van der Waals surface area contributed by atoms with Gasteiger partial charge in [0.2, 0.25) is 5.91 Å². The first-order valence-corrected chi connectivity index (χ1v) is 10.2. The number of carbonyl (C=O) groups is 1. The molecule has 0 aliphatic carbocycles. The number of rotatable bonds is 5. The maximum atomic E-state index is 12.4. The minimum atomic E-state index is -0.276. The molecule has 2 aromatic carbocycles. The van der Waals surface area contributed by atoms with Crippen LogP contribution in [-0.4, -0.2) is 20.9 Å². The molecule has 1 atom stereocenters. The van der Waals surface area contributed by atoms with E-state index in [-0.39, 0.29) is 11.2 Å². The van der Waals surface area contributed by atoms with Gasteiger partial charge in [-0.1, -0.05) is 59.0 Å². The Kier molecular flexibility index (Phi) is 5.90. The number of nitrogens with one attached hydrogen (secondary N) is 1. The Bertz CT molecular complexity index is 976. The monoisotopic (exact) mass is 401 g/mol. The Morgan fingerprint density at radius 1 is 1.19 bits per heavy atom. The van der Waals surface area contributed by atoms with E-state index in [1.165, 1.54) is 23.1 Å². The number of hydrogen-bond acceptors (Lipinski definition) is 5. The van der Waals surface area contributed by atoms with Crippen molar-refractivity contribution in [1.82, 2.24) is 9.78 Å². The largest absolute Gasteiger partial charge is 0.325 e. The van der Waals surface area contributed by atoms with Gasteiger partial charge in [-0.2, -0.15) is 0 Å².